The molecule has 0 unspecified atom stereocenters. The van der Waals surface area contributed by atoms with Gasteiger partial charge >= 0.3 is 5.76 Å². The Labute approximate surface area is 147 Å². The minimum absolute atomic E-state index is 0.241. The molecule has 2 aromatic rings. The topological polar surface area (TPSA) is 55.5 Å². The van der Waals surface area contributed by atoms with Crippen molar-refractivity contribution < 1.29 is 9.21 Å². The Morgan fingerprint density at radius 1 is 1.12 bits per heavy atom. The van der Waals surface area contributed by atoms with Crippen molar-refractivity contribution in [2.45, 2.75) is 51.5 Å². The van der Waals surface area contributed by atoms with Gasteiger partial charge in [0.25, 0.3) is 0 Å². The maximum Gasteiger partial charge on any atom is 0.419 e. The number of hydrogen-bond acceptors (Lipinski definition) is 3. The molecule has 5 heteroatoms. The first-order valence-corrected chi connectivity index (χ1v) is 9.58. The summed E-state index contributed by atoms with van der Waals surface area (Å²) in [6.45, 7) is 2.38. The minimum atomic E-state index is -0.336. The standard InChI is InChI=1S/C20H26N2O3/c23-19(21-13-11-15-6-1-2-7-16(15)14-21)10-5-12-22-17-8-3-4-9-18(17)25-20(22)24/h3-4,8-9,15-16H,1-2,5-7,10-14H2/t15-,16-/m1/s1. The van der Waals surface area contributed by atoms with Gasteiger partial charge < -0.3 is 9.32 Å². The largest absolute Gasteiger partial charge is 0.419 e. The molecule has 1 aromatic heterocycles. The maximum absolute atomic E-state index is 12.6. The predicted molar refractivity (Wildman–Crippen MR) is 96.4 cm³/mol. The zero-order chi connectivity index (χ0) is 17.2. The van der Waals surface area contributed by atoms with Gasteiger partial charge in [0.1, 0.15) is 0 Å². The van der Waals surface area contributed by atoms with Gasteiger partial charge in [-0.1, -0.05) is 31.4 Å². The number of piperidine rings is 1. The van der Waals surface area contributed by atoms with Crippen LogP contribution in [-0.4, -0.2) is 28.5 Å². The second-order valence-corrected chi connectivity index (χ2v) is 7.52. The fourth-order valence-corrected chi connectivity index (χ4v) is 4.60. The molecule has 2 atom stereocenters. The number of likely N-dealkylation sites (tertiary alicyclic amines) is 1. The summed E-state index contributed by atoms with van der Waals surface area (Å²) < 4.78 is 6.88. The molecular formula is C20H26N2O3. The summed E-state index contributed by atoms with van der Waals surface area (Å²) in [5.74, 6) is 1.46. The number of carbonyl (C=O) groups excluding carboxylic acids is 1. The number of amides is 1. The molecule has 2 heterocycles. The fourth-order valence-electron chi connectivity index (χ4n) is 4.60. The quantitative estimate of drug-likeness (QED) is 0.855. The first-order chi connectivity index (χ1) is 12.2. The van der Waals surface area contributed by atoms with Crippen molar-refractivity contribution in [3.8, 4) is 0 Å². The normalized spacial score (nSPS) is 23.6. The van der Waals surface area contributed by atoms with Crippen LogP contribution in [0.25, 0.3) is 11.1 Å². The third-order valence-electron chi connectivity index (χ3n) is 5.99. The molecule has 25 heavy (non-hydrogen) atoms. The highest BCUT2D eigenvalue weighted by Crippen LogP contribution is 2.36. The van der Waals surface area contributed by atoms with Crippen molar-refractivity contribution in [3.63, 3.8) is 0 Å². The van der Waals surface area contributed by atoms with Crippen LogP contribution < -0.4 is 5.76 Å². The molecule has 2 aliphatic rings. The van der Waals surface area contributed by atoms with Crippen molar-refractivity contribution in [1.82, 2.24) is 9.47 Å². The Hall–Kier alpha value is -2.04. The number of benzene rings is 1. The van der Waals surface area contributed by atoms with Crippen molar-refractivity contribution in [2.75, 3.05) is 13.1 Å². The molecule has 4 rings (SSSR count). The van der Waals surface area contributed by atoms with Gasteiger partial charge in [0.2, 0.25) is 5.91 Å². The molecule has 1 saturated heterocycles. The van der Waals surface area contributed by atoms with E-state index in [-0.39, 0.29) is 11.7 Å². The maximum atomic E-state index is 12.6. The molecule has 1 aliphatic heterocycles. The number of para-hydroxylation sites is 2. The summed E-state index contributed by atoms with van der Waals surface area (Å²) in [5.41, 5.74) is 1.42. The van der Waals surface area contributed by atoms with Gasteiger partial charge in [-0.25, -0.2) is 4.79 Å². The van der Waals surface area contributed by atoms with Gasteiger partial charge in [-0.05, 0) is 43.2 Å². The zero-order valence-electron chi connectivity index (χ0n) is 14.7. The van der Waals surface area contributed by atoms with Crippen LogP contribution in [0.1, 0.15) is 44.9 Å². The van der Waals surface area contributed by atoms with Crippen LogP contribution in [0.5, 0.6) is 0 Å². The number of nitrogens with zero attached hydrogens (tertiary/aromatic N) is 2. The van der Waals surface area contributed by atoms with Crippen LogP contribution in [0, 0.1) is 11.8 Å². The average molecular weight is 342 g/mol. The monoisotopic (exact) mass is 342 g/mol. The average Bonchev–Trinajstić information content (AvgIpc) is 2.96. The molecule has 0 radical (unpaired) electrons. The molecule has 2 fully saturated rings. The molecule has 1 aliphatic carbocycles. The second-order valence-electron chi connectivity index (χ2n) is 7.52. The number of carbonyl (C=O) groups is 1. The van der Waals surface area contributed by atoms with E-state index in [0.29, 0.717) is 30.9 Å². The first-order valence-electron chi connectivity index (χ1n) is 9.58. The summed E-state index contributed by atoms with van der Waals surface area (Å²) in [6, 6.07) is 7.43. The Balaban J connectivity index is 1.33. The van der Waals surface area contributed by atoms with E-state index in [1.165, 1.54) is 32.1 Å². The molecule has 134 valence electrons. The summed E-state index contributed by atoms with van der Waals surface area (Å²) in [6.07, 6.45) is 7.66. The number of aromatic nitrogens is 1. The van der Waals surface area contributed by atoms with E-state index in [0.717, 1.165) is 24.5 Å². The van der Waals surface area contributed by atoms with Crippen molar-refractivity contribution in [1.29, 1.82) is 0 Å². The lowest BCUT2D eigenvalue weighted by molar-refractivity contribution is -0.134. The van der Waals surface area contributed by atoms with Gasteiger partial charge in [-0.3, -0.25) is 9.36 Å². The number of oxazole rings is 1. The highest BCUT2D eigenvalue weighted by molar-refractivity contribution is 5.76. The van der Waals surface area contributed by atoms with E-state index < -0.39 is 0 Å². The van der Waals surface area contributed by atoms with Gasteiger partial charge in [-0.2, -0.15) is 0 Å². The number of rotatable bonds is 4. The molecule has 0 bridgehead atoms. The minimum Gasteiger partial charge on any atom is -0.408 e. The molecule has 0 spiro atoms. The van der Waals surface area contributed by atoms with E-state index in [9.17, 15) is 9.59 Å². The van der Waals surface area contributed by atoms with Crippen LogP contribution in [0.4, 0.5) is 0 Å². The third kappa shape index (κ3) is 3.37. The second kappa shape index (κ2) is 7.06. The van der Waals surface area contributed by atoms with Crippen LogP contribution in [0.15, 0.2) is 33.5 Å². The van der Waals surface area contributed by atoms with Gasteiger partial charge in [0, 0.05) is 26.1 Å². The first kappa shape index (κ1) is 16.4. The molecular weight excluding hydrogens is 316 g/mol. The Kier molecular flexibility index (Phi) is 4.64. The lowest BCUT2D eigenvalue weighted by atomic mass is 9.75. The van der Waals surface area contributed by atoms with Crippen molar-refractivity contribution >= 4 is 17.0 Å². The third-order valence-corrected chi connectivity index (χ3v) is 5.99. The van der Waals surface area contributed by atoms with Crippen LogP contribution in [0.3, 0.4) is 0 Å². The SMILES string of the molecule is O=C(CCCn1c(=O)oc2ccccc21)N1CC[C@H]2CCCC[C@@H]2C1. The van der Waals surface area contributed by atoms with Crippen LogP contribution in [0.2, 0.25) is 0 Å². The summed E-state index contributed by atoms with van der Waals surface area (Å²) >= 11 is 0. The van der Waals surface area contributed by atoms with E-state index >= 15 is 0 Å². The predicted octanol–water partition coefficient (Wildman–Crippen LogP) is 3.41. The summed E-state index contributed by atoms with van der Waals surface area (Å²) in [7, 11) is 0. The van der Waals surface area contributed by atoms with E-state index in [2.05, 4.69) is 4.90 Å². The van der Waals surface area contributed by atoms with Crippen LogP contribution in [-0.2, 0) is 11.3 Å². The lowest BCUT2D eigenvalue weighted by Crippen LogP contribution is -2.44. The lowest BCUT2D eigenvalue weighted by Gasteiger charge is -2.41. The molecule has 5 nitrogen and oxygen atoms in total. The number of hydrogen-bond donors (Lipinski definition) is 0. The smallest absolute Gasteiger partial charge is 0.408 e. The van der Waals surface area contributed by atoms with Gasteiger partial charge in [0.05, 0.1) is 5.52 Å². The van der Waals surface area contributed by atoms with E-state index in [1.54, 1.807) is 10.6 Å². The highest BCUT2D eigenvalue weighted by atomic mass is 16.4. The van der Waals surface area contributed by atoms with Gasteiger partial charge in [0.15, 0.2) is 5.58 Å². The summed E-state index contributed by atoms with van der Waals surface area (Å²) in [4.78, 5) is 26.6. The Morgan fingerprint density at radius 2 is 1.92 bits per heavy atom. The summed E-state index contributed by atoms with van der Waals surface area (Å²) in [5, 5.41) is 0. The van der Waals surface area contributed by atoms with E-state index in [4.69, 9.17) is 4.42 Å². The Morgan fingerprint density at radius 3 is 2.80 bits per heavy atom. The fraction of sp³-hybridized carbons (Fsp3) is 0.600. The molecule has 0 N–H and O–H groups in total. The molecule has 1 amide bonds. The highest BCUT2D eigenvalue weighted by Gasteiger charge is 2.32. The van der Waals surface area contributed by atoms with E-state index in [1.807, 2.05) is 18.2 Å². The zero-order valence-corrected chi connectivity index (χ0v) is 14.7. The van der Waals surface area contributed by atoms with Crippen LogP contribution >= 0.6 is 0 Å². The van der Waals surface area contributed by atoms with Gasteiger partial charge in [-0.15, -0.1) is 0 Å². The Bertz CT molecular complexity index is 807. The van der Waals surface area contributed by atoms with Crippen molar-refractivity contribution in [3.05, 3.63) is 34.8 Å². The number of aryl methyl sites for hydroxylation is 1. The molecule has 1 aromatic carbocycles. The van der Waals surface area contributed by atoms with Crippen molar-refractivity contribution in [2.24, 2.45) is 11.8 Å². The number of fused-ring (bicyclic) bond motifs is 2. The molecule has 1 saturated carbocycles.